The Kier molecular flexibility index (Phi) is 8.85. The van der Waals surface area contributed by atoms with E-state index in [0.717, 1.165) is 10.6 Å². The zero-order valence-corrected chi connectivity index (χ0v) is 23.7. The number of nitrogens with one attached hydrogen (secondary N) is 2. The molecular formula is C26H21BrCl2N6O4. The molecule has 0 spiro atoms. The summed E-state index contributed by atoms with van der Waals surface area (Å²) in [5, 5.41) is 8.61. The molecule has 2 aromatic heterocycles. The number of amides is 3. The van der Waals surface area contributed by atoms with Crippen molar-refractivity contribution >= 4 is 62.7 Å². The smallest absolute Gasteiger partial charge is 0.428 e. The monoisotopic (exact) mass is 630 g/mol. The van der Waals surface area contributed by atoms with Gasteiger partial charge >= 0.3 is 6.09 Å². The molecule has 0 bridgehead atoms. The standard InChI is InChI=1S/C26H21BrCl2N6O4/c1-15-11-17(28)12-18(24(36)33-34(26(38)39-2)14-16-7-4-3-5-8-16)22(15)31-25(37)20-13-21(27)32-35(20)23-19(29)9-6-10-30-23/h3-13H,14H2,1-2H3,(H,31,37)(H,33,36). The maximum absolute atomic E-state index is 13.4. The molecule has 2 heterocycles. The summed E-state index contributed by atoms with van der Waals surface area (Å²) in [5.74, 6) is -1.04. The minimum absolute atomic E-state index is 0.0244. The number of halogens is 3. The van der Waals surface area contributed by atoms with Crippen molar-refractivity contribution < 1.29 is 19.1 Å². The number of ether oxygens (including phenoxy) is 1. The van der Waals surface area contributed by atoms with E-state index >= 15 is 0 Å². The molecule has 10 nitrogen and oxygen atoms in total. The first-order valence-corrected chi connectivity index (χ1v) is 12.9. The molecule has 0 fully saturated rings. The quantitative estimate of drug-likeness (QED) is 0.259. The SMILES string of the molecule is COC(=O)N(Cc1ccccc1)NC(=O)c1cc(Cl)cc(C)c1NC(=O)c1cc(Br)nn1-c1ncccc1Cl. The second-order valence-corrected chi connectivity index (χ2v) is 9.81. The molecule has 0 atom stereocenters. The molecule has 4 aromatic rings. The third kappa shape index (κ3) is 6.56. The van der Waals surface area contributed by atoms with Crippen LogP contribution in [-0.2, 0) is 11.3 Å². The lowest BCUT2D eigenvalue weighted by Gasteiger charge is -2.23. The van der Waals surface area contributed by atoms with Crippen LogP contribution in [-0.4, -0.2) is 44.8 Å². The minimum Gasteiger partial charge on any atom is -0.452 e. The number of methoxy groups -OCH3 is 1. The lowest BCUT2D eigenvalue weighted by Crippen LogP contribution is -2.45. The van der Waals surface area contributed by atoms with E-state index < -0.39 is 17.9 Å². The van der Waals surface area contributed by atoms with E-state index in [1.165, 1.54) is 30.1 Å². The highest BCUT2D eigenvalue weighted by Gasteiger charge is 2.25. The van der Waals surface area contributed by atoms with Crippen LogP contribution in [0, 0.1) is 6.92 Å². The summed E-state index contributed by atoms with van der Waals surface area (Å²) in [6.45, 7) is 1.72. The van der Waals surface area contributed by atoms with Gasteiger partial charge in [0.15, 0.2) is 5.82 Å². The lowest BCUT2D eigenvalue weighted by atomic mass is 10.1. The van der Waals surface area contributed by atoms with Gasteiger partial charge in [0.05, 0.1) is 29.9 Å². The fourth-order valence-corrected chi connectivity index (χ4v) is 4.53. The summed E-state index contributed by atoms with van der Waals surface area (Å²) in [7, 11) is 1.21. The van der Waals surface area contributed by atoms with Crippen molar-refractivity contribution in [3.63, 3.8) is 0 Å². The topological polar surface area (TPSA) is 118 Å². The summed E-state index contributed by atoms with van der Waals surface area (Å²) >= 11 is 15.8. The van der Waals surface area contributed by atoms with Gasteiger partial charge in [-0.25, -0.2) is 19.5 Å². The average molecular weight is 632 g/mol. The molecule has 0 saturated heterocycles. The number of hydrogen-bond donors (Lipinski definition) is 2. The third-order valence-electron chi connectivity index (χ3n) is 5.45. The van der Waals surface area contributed by atoms with Gasteiger partial charge in [-0.05, 0) is 58.2 Å². The largest absolute Gasteiger partial charge is 0.452 e. The van der Waals surface area contributed by atoms with Crippen molar-refractivity contribution in [3.8, 4) is 5.82 Å². The molecule has 0 saturated carbocycles. The van der Waals surface area contributed by atoms with Crippen molar-refractivity contribution in [3.05, 3.63) is 104 Å². The van der Waals surface area contributed by atoms with E-state index in [9.17, 15) is 14.4 Å². The molecule has 0 radical (unpaired) electrons. The normalized spacial score (nSPS) is 10.6. The van der Waals surface area contributed by atoms with Crippen LogP contribution in [0.2, 0.25) is 10.0 Å². The summed E-state index contributed by atoms with van der Waals surface area (Å²) in [6, 6.07) is 16.8. The van der Waals surface area contributed by atoms with Crippen molar-refractivity contribution in [2.45, 2.75) is 13.5 Å². The molecule has 2 N–H and O–H groups in total. The molecule has 39 heavy (non-hydrogen) atoms. The van der Waals surface area contributed by atoms with Crippen LogP contribution in [0.1, 0.15) is 32.0 Å². The second-order valence-electron chi connectivity index (χ2n) is 8.16. The van der Waals surface area contributed by atoms with Gasteiger partial charge in [-0.1, -0.05) is 53.5 Å². The Morgan fingerprint density at radius 1 is 1.05 bits per heavy atom. The highest BCUT2D eigenvalue weighted by atomic mass is 79.9. The first kappa shape index (κ1) is 28.1. The predicted molar refractivity (Wildman–Crippen MR) is 150 cm³/mol. The Hall–Kier alpha value is -3.93. The Morgan fingerprint density at radius 3 is 2.49 bits per heavy atom. The van der Waals surface area contributed by atoms with E-state index in [1.54, 1.807) is 37.3 Å². The Bertz CT molecular complexity index is 1550. The van der Waals surface area contributed by atoms with Gasteiger partial charge in [-0.2, -0.15) is 5.10 Å². The van der Waals surface area contributed by atoms with Crippen LogP contribution < -0.4 is 10.7 Å². The van der Waals surface area contributed by atoms with Crippen molar-refractivity contribution in [1.29, 1.82) is 0 Å². The van der Waals surface area contributed by atoms with Crippen LogP contribution in [0.15, 0.2) is 71.5 Å². The number of rotatable bonds is 6. The van der Waals surface area contributed by atoms with Crippen LogP contribution in [0.5, 0.6) is 0 Å². The Morgan fingerprint density at radius 2 is 1.79 bits per heavy atom. The molecule has 4 rings (SSSR count). The number of carbonyl (C=O) groups excluding carboxylic acids is 3. The molecule has 0 aliphatic rings. The lowest BCUT2D eigenvalue weighted by molar-refractivity contribution is 0.0691. The number of hydrogen-bond acceptors (Lipinski definition) is 6. The van der Waals surface area contributed by atoms with E-state index in [0.29, 0.717) is 10.2 Å². The number of pyridine rings is 1. The van der Waals surface area contributed by atoms with Gasteiger partial charge in [0.1, 0.15) is 10.3 Å². The van der Waals surface area contributed by atoms with Gasteiger partial charge in [0.2, 0.25) is 0 Å². The van der Waals surface area contributed by atoms with Gasteiger partial charge in [0.25, 0.3) is 11.8 Å². The van der Waals surface area contributed by atoms with Crippen LogP contribution >= 0.6 is 39.1 Å². The fourth-order valence-electron chi connectivity index (χ4n) is 3.68. The van der Waals surface area contributed by atoms with E-state index in [4.69, 9.17) is 27.9 Å². The second kappa shape index (κ2) is 12.3. The highest BCUT2D eigenvalue weighted by molar-refractivity contribution is 9.10. The molecule has 0 unspecified atom stereocenters. The maximum Gasteiger partial charge on any atom is 0.428 e. The van der Waals surface area contributed by atoms with Gasteiger partial charge in [-0.3, -0.25) is 15.0 Å². The van der Waals surface area contributed by atoms with E-state index in [-0.39, 0.29) is 39.4 Å². The zero-order chi connectivity index (χ0) is 28.1. The van der Waals surface area contributed by atoms with Gasteiger partial charge < -0.3 is 10.1 Å². The average Bonchev–Trinajstić information content (AvgIpc) is 3.31. The molecule has 2 aromatic carbocycles. The third-order valence-corrected chi connectivity index (χ3v) is 6.35. The summed E-state index contributed by atoms with van der Waals surface area (Å²) in [5.41, 5.74) is 4.12. The predicted octanol–water partition coefficient (Wildman–Crippen LogP) is 5.81. The number of carbonyl (C=O) groups is 3. The first-order chi connectivity index (χ1) is 18.7. The molecule has 200 valence electrons. The number of hydrazine groups is 1. The van der Waals surface area contributed by atoms with Crippen LogP contribution in [0.25, 0.3) is 5.82 Å². The van der Waals surface area contributed by atoms with Crippen molar-refractivity contribution in [2.75, 3.05) is 12.4 Å². The Labute approximate surface area is 242 Å². The fraction of sp³-hybridized carbons (Fsp3) is 0.115. The number of anilines is 1. The number of nitrogens with zero attached hydrogens (tertiary/aromatic N) is 4. The molecule has 0 aliphatic carbocycles. The Balaban J connectivity index is 1.66. The van der Waals surface area contributed by atoms with Crippen LogP contribution in [0.4, 0.5) is 10.5 Å². The molecule has 3 amide bonds. The van der Waals surface area contributed by atoms with Gasteiger partial charge in [-0.15, -0.1) is 0 Å². The first-order valence-electron chi connectivity index (χ1n) is 11.4. The summed E-state index contributed by atoms with van der Waals surface area (Å²) in [4.78, 5) is 43.5. The molecule has 13 heteroatoms. The maximum atomic E-state index is 13.4. The number of benzene rings is 2. The van der Waals surface area contributed by atoms with Crippen LogP contribution in [0.3, 0.4) is 0 Å². The summed E-state index contributed by atoms with van der Waals surface area (Å²) < 4.78 is 6.49. The number of aryl methyl sites for hydroxylation is 1. The van der Waals surface area contributed by atoms with Crippen molar-refractivity contribution in [1.82, 2.24) is 25.2 Å². The van der Waals surface area contributed by atoms with Crippen molar-refractivity contribution in [2.24, 2.45) is 0 Å². The highest BCUT2D eigenvalue weighted by Crippen LogP contribution is 2.28. The van der Waals surface area contributed by atoms with E-state index in [2.05, 4.69) is 36.8 Å². The zero-order valence-electron chi connectivity index (χ0n) is 20.6. The summed E-state index contributed by atoms with van der Waals surface area (Å²) in [6.07, 6.45) is 0.741. The number of aromatic nitrogens is 3. The van der Waals surface area contributed by atoms with Gasteiger partial charge in [0, 0.05) is 17.3 Å². The molecule has 0 aliphatic heterocycles. The minimum atomic E-state index is -0.780. The van der Waals surface area contributed by atoms with E-state index in [1.807, 2.05) is 18.2 Å². The molecular weight excluding hydrogens is 611 g/mol.